The molecule has 0 bridgehead atoms. The summed E-state index contributed by atoms with van der Waals surface area (Å²) in [6.45, 7) is 1.86. The molecule has 1 aliphatic rings. The van der Waals surface area contributed by atoms with Crippen molar-refractivity contribution < 1.29 is 17.6 Å². The van der Waals surface area contributed by atoms with Gasteiger partial charge in [-0.25, -0.2) is 13.1 Å². The van der Waals surface area contributed by atoms with E-state index in [1.807, 2.05) is 13.0 Å². The van der Waals surface area contributed by atoms with Gasteiger partial charge in [-0.3, -0.25) is 4.79 Å². The van der Waals surface area contributed by atoms with Gasteiger partial charge in [0.15, 0.2) is 0 Å². The van der Waals surface area contributed by atoms with Crippen LogP contribution in [0.5, 0.6) is 0 Å². The third-order valence-corrected chi connectivity index (χ3v) is 6.07. The maximum Gasteiger partial charge on any atom is 0.252 e. The van der Waals surface area contributed by atoms with E-state index in [0.717, 1.165) is 18.6 Å². The normalized spacial score (nSPS) is 15.8. The van der Waals surface area contributed by atoms with Crippen LogP contribution < -0.4 is 10.0 Å². The highest BCUT2D eigenvalue weighted by Gasteiger charge is 2.28. The summed E-state index contributed by atoms with van der Waals surface area (Å²) >= 11 is 3.32. The van der Waals surface area contributed by atoms with E-state index < -0.39 is 10.0 Å². The van der Waals surface area contributed by atoms with Crippen molar-refractivity contribution in [1.29, 1.82) is 0 Å². The number of hydrogen-bond acceptors (Lipinski definition) is 4. The Hall–Kier alpha value is -1.64. The van der Waals surface area contributed by atoms with Gasteiger partial charge in [0.05, 0.1) is 16.7 Å². The Balaban J connectivity index is 1.74. The van der Waals surface area contributed by atoms with Gasteiger partial charge < -0.3 is 9.73 Å². The van der Waals surface area contributed by atoms with E-state index in [4.69, 9.17) is 4.42 Å². The average molecular weight is 427 g/mol. The number of nitrogens with one attached hydrogen (secondary N) is 2. The highest BCUT2D eigenvalue weighted by atomic mass is 79.9. The Bertz CT molecular complexity index is 861. The van der Waals surface area contributed by atoms with Gasteiger partial charge in [0.2, 0.25) is 10.0 Å². The number of carbonyl (C=O) groups is 1. The highest BCUT2D eigenvalue weighted by Crippen LogP contribution is 2.25. The summed E-state index contributed by atoms with van der Waals surface area (Å²) in [6.07, 6.45) is 3.85. The van der Waals surface area contributed by atoms with Crippen molar-refractivity contribution in [3.8, 4) is 0 Å². The molecule has 2 N–H and O–H groups in total. The number of amides is 1. The van der Waals surface area contributed by atoms with Crippen molar-refractivity contribution in [3.05, 3.63) is 52.4 Å². The van der Waals surface area contributed by atoms with Gasteiger partial charge in [-0.15, -0.1) is 0 Å². The van der Waals surface area contributed by atoms with Gasteiger partial charge in [-0.2, -0.15) is 0 Å². The van der Waals surface area contributed by atoms with Gasteiger partial charge in [0, 0.05) is 23.0 Å². The van der Waals surface area contributed by atoms with Crippen LogP contribution in [0.1, 0.15) is 35.9 Å². The van der Waals surface area contributed by atoms with E-state index in [9.17, 15) is 13.2 Å². The second-order valence-corrected chi connectivity index (χ2v) is 8.76. The number of halogens is 1. The molecular formula is C17H19BrN2O4S. The lowest BCUT2D eigenvalue weighted by Crippen LogP contribution is -2.34. The molecule has 1 unspecified atom stereocenters. The summed E-state index contributed by atoms with van der Waals surface area (Å²) in [6, 6.07) is 7.95. The molecule has 1 amide bonds. The first-order valence-electron chi connectivity index (χ1n) is 8.00. The van der Waals surface area contributed by atoms with Crippen LogP contribution in [0.4, 0.5) is 0 Å². The van der Waals surface area contributed by atoms with Crippen LogP contribution in [-0.2, 0) is 16.4 Å². The topological polar surface area (TPSA) is 88.4 Å². The fraction of sp³-hybridized carbons (Fsp3) is 0.353. The van der Waals surface area contributed by atoms with Crippen molar-refractivity contribution in [2.75, 3.05) is 0 Å². The quantitative estimate of drug-likeness (QED) is 0.712. The second kappa shape index (κ2) is 7.31. The zero-order valence-corrected chi connectivity index (χ0v) is 16.1. The van der Waals surface area contributed by atoms with Crippen molar-refractivity contribution in [2.24, 2.45) is 0 Å². The Labute approximate surface area is 155 Å². The average Bonchev–Trinajstić information content (AvgIpc) is 3.19. The van der Waals surface area contributed by atoms with Crippen molar-refractivity contribution in [2.45, 2.75) is 43.2 Å². The Kier molecular flexibility index (Phi) is 5.31. The fourth-order valence-electron chi connectivity index (χ4n) is 2.42. The maximum atomic E-state index is 12.5. The smallest absolute Gasteiger partial charge is 0.252 e. The van der Waals surface area contributed by atoms with Crippen molar-refractivity contribution in [1.82, 2.24) is 10.0 Å². The lowest BCUT2D eigenvalue weighted by molar-refractivity contribution is 0.0938. The molecule has 0 spiro atoms. The highest BCUT2D eigenvalue weighted by molar-refractivity contribution is 9.10. The van der Waals surface area contributed by atoms with Crippen molar-refractivity contribution >= 4 is 31.9 Å². The van der Waals surface area contributed by atoms with E-state index in [2.05, 4.69) is 26.0 Å². The zero-order chi connectivity index (χ0) is 18.0. The van der Waals surface area contributed by atoms with Crippen LogP contribution in [-0.4, -0.2) is 26.4 Å². The summed E-state index contributed by atoms with van der Waals surface area (Å²) < 4.78 is 33.1. The van der Waals surface area contributed by atoms with Crippen LogP contribution in [0.2, 0.25) is 0 Å². The second-order valence-electron chi connectivity index (χ2n) is 6.20. The first-order chi connectivity index (χ1) is 11.8. The molecule has 8 heteroatoms. The molecule has 1 saturated carbocycles. The summed E-state index contributed by atoms with van der Waals surface area (Å²) in [5, 5.41) is 2.86. The molecule has 0 saturated heterocycles. The zero-order valence-electron chi connectivity index (χ0n) is 13.7. The molecule has 6 nitrogen and oxygen atoms in total. The van der Waals surface area contributed by atoms with E-state index in [0.29, 0.717) is 10.9 Å². The van der Waals surface area contributed by atoms with E-state index >= 15 is 0 Å². The Morgan fingerprint density at radius 1 is 1.36 bits per heavy atom. The summed E-state index contributed by atoms with van der Waals surface area (Å²) in [5.74, 6) is 0.436. The number of carbonyl (C=O) groups excluding carboxylic acids is 1. The number of sulfonamides is 1. The Morgan fingerprint density at radius 3 is 2.76 bits per heavy atom. The molecule has 3 rings (SSSR count). The summed E-state index contributed by atoms with van der Waals surface area (Å²) in [7, 11) is -3.61. The number of hydrogen-bond donors (Lipinski definition) is 2. The summed E-state index contributed by atoms with van der Waals surface area (Å²) in [4.78, 5) is 12.6. The van der Waals surface area contributed by atoms with Gasteiger partial charge in [-0.1, -0.05) is 0 Å². The van der Waals surface area contributed by atoms with Gasteiger partial charge in [0.1, 0.15) is 5.76 Å². The molecule has 1 aromatic heterocycles. The number of benzene rings is 1. The minimum Gasteiger partial charge on any atom is -0.469 e. The molecular weight excluding hydrogens is 408 g/mol. The lowest BCUT2D eigenvalue weighted by Gasteiger charge is -2.14. The van der Waals surface area contributed by atoms with E-state index in [-0.39, 0.29) is 28.4 Å². The molecule has 1 aromatic carbocycles. The van der Waals surface area contributed by atoms with Gasteiger partial charge in [0.25, 0.3) is 5.91 Å². The SMILES string of the molecule is CC(Cc1ccco1)NC(=O)c1cc(S(=O)(=O)NC2CC2)ccc1Br. The fourth-order valence-corrected chi connectivity index (χ4v) is 4.17. The summed E-state index contributed by atoms with van der Waals surface area (Å²) in [5.41, 5.74) is 0.282. The molecule has 2 aromatic rings. The van der Waals surface area contributed by atoms with Crippen LogP contribution in [0.3, 0.4) is 0 Å². The Morgan fingerprint density at radius 2 is 2.12 bits per heavy atom. The van der Waals surface area contributed by atoms with Gasteiger partial charge in [-0.05, 0) is 66.0 Å². The van der Waals surface area contributed by atoms with Crippen LogP contribution in [0, 0.1) is 0 Å². The third-order valence-electron chi connectivity index (χ3n) is 3.86. The predicted octanol–water partition coefficient (Wildman–Crippen LogP) is 2.84. The first-order valence-corrected chi connectivity index (χ1v) is 10.3. The molecule has 0 radical (unpaired) electrons. The standard InChI is InChI=1S/C17H19BrN2O4S/c1-11(9-13-3-2-8-24-13)19-17(21)15-10-14(6-7-16(15)18)25(22,23)20-12-4-5-12/h2-3,6-8,10-12,20H,4-5,9H2,1H3,(H,19,21). The lowest BCUT2D eigenvalue weighted by atomic mass is 10.1. The predicted molar refractivity (Wildman–Crippen MR) is 96.8 cm³/mol. The van der Waals surface area contributed by atoms with Crippen LogP contribution in [0.25, 0.3) is 0 Å². The minimum atomic E-state index is -3.61. The molecule has 1 atom stereocenters. The van der Waals surface area contributed by atoms with E-state index in [1.54, 1.807) is 18.4 Å². The van der Waals surface area contributed by atoms with Crippen LogP contribution >= 0.6 is 15.9 Å². The minimum absolute atomic E-state index is 0.0132. The molecule has 25 heavy (non-hydrogen) atoms. The van der Waals surface area contributed by atoms with E-state index in [1.165, 1.54) is 12.1 Å². The monoisotopic (exact) mass is 426 g/mol. The largest absolute Gasteiger partial charge is 0.469 e. The molecule has 1 heterocycles. The van der Waals surface area contributed by atoms with Crippen LogP contribution in [0.15, 0.2) is 50.4 Å². The molecule has 0 aliphatic heterocycles. The molecule has 134 valence electrons. The molecule has 1 fully saturated rings. The molecule has 1 aliphatic carbocycles. The first kappa shape index (κ1) is 18.2. The maximum absolute atomic E-state index is 12.5. The van der Waals surface area contributed by atoms with Gasteiger partial charge >= 0.3 is 0 Å². The third kappa shape index (κ3) is 4.71. The number of furan rings is 1. The number of rotatable bonds is 7. The van der Waals surface area contributed by atoms with Crippen molar-refractivity contribution in [3.63, 3.8) is 0 Å².